The Balaban J connectivity index is 1.41. The van der Waals surface area contributed by atoms with Gasteiger partial charge in [0.25, 0.3) is 11.8 Å². The van der Waals surface area contributed by atoms with Gasteiger partial charge in [-0.1, -0.05) is 48.5 Å². The first kappa shape index (κ1) is 22.6. The van der Waals surface area contributed by atoms with Crippen LogP contribution >= 0.6 is 0 Å². The van der Waals surface area contributed by atoms with Gasteiger partial charge in [0, 0.05) is 23.4 Å². The lowest BCUT2D eigenvalue weighted by molar-refractivity contribution is 0.0949. The van der Waals surface area contributed by atoms with Crippen LogP contribution in [0.15, 0.2) is 91.0 Å². The average Bonchev–Trinajstić information content (AvgIpc) is 2.84. The fraction of sp³-hybridized carbons (Fsp3) is 0.0714. The van der Waals surface area contributed by atoms with Crippen molar-refractivity contribution in [1.82, 2.24) is 5.32 Å². The molecule has 0 fully saturated rings. The SMILES string of the molecule is Cc1c(C(=O)NCc2ccc(C(=O)Nc3ccccc3N)cc2)cccc1-c1cccc(N)c1. The van der Waals surface area contributed by atoms with Gasteiger partial charge in [-0.3, -0.25) is 9.59 Å². The standard InChI is InChI=1S/C28H26N4O2/c1-18-23(21-6-4-7-22(29)16-21)8-5-9-24(18)28(34)31-17-19-12-14-20(15-13-19)27(33)32-26-11-3-2-10-25(26)30/h2-16H,17,29-30H2,1H3,(H,31,34)(H,32,33). The van der Waals surface area contributed by atoms with Gasteiger partial charge in [-0.25, -0.2) is 0 Å². The summed E-state index contributed by atoms with van der Waals surface area (Å²) in [5, 5.41) is 5.77. The van der Waals surface area contributed by atoms with Crippen molar-refractivity contribution in [3.63, 3.8) is 0 Å². The van der Waals surface area contributed by atoms with Gasteiger partial charge in [-0.2, -0.15) is 0 Å². The number of para-hydroxylation sites is 2. The number of rotatable bonds is 6. The van der Waals surface area contributed by atoms with Crippen LogP contribution in [0.1, 0.15) is 31.8 Å². The highest BCUT2D eigenvalue weighted by molar-refractivity contribution is 6.05. The molecule has 0 aliphatic carbocycles. The minimum absolute atomic E-state index is 0.162. The van der Waals surface area contributed by atoms with Crippen molar-refractivity contribution in [2.45, 2.75) is 13.5 Å². The van der Waals surface area contributed by atoms with E-state index in [-0.39, 0.29) is 11.8 Å². The molecule has 0 aliphatic rings. The highest BCUT2D eigenvalue weighted by Gasteiger charge is 2.13. The second-order valence-electron chi connectivity index (χ2n) is 8.02. The van der Waals surface area contributed by atoms with Crippen LogP contribution in [0.4, 0.5) is 17.1 Å². The lowest BCUT2D eigenvalue weighted by atomic mass is 9.96. The van der Waals surface area contributed by atoms with E-state index in [1.54, 1.807) is 24.3 Å². The van der Waals surface area contributed by atoms with Crippen LogP contribution in [0.25, 0.3) is 11.1 Å². The zero-order chi connectivity index (χ0) is 24.1. The topological polar surface area (TPSA) is 110 Å². The Hall–Kier alpha value is -4.58. The van der Waals surface area contributed by atoms with Crippen molar-refractivity contribution in [1.29, 1.82) is 0 Å². The van der Waals surface area contributed by atoms with E-state index in [9.17, 15) is 9.59 Å². The third kappa shape index (κ3) is 5.07. The van der Waals surface area contributed by atoms with Gasteiger partial charge in [-0.15, -0.1) is 0 Å². The summed E-state index contributed by atoms with van der Waals surface area (Å²) in [7, 11) is 0. The molecule has 4 rings (SSSR count). The quantitative estimate of drug-likeness (QED) is 0.310. The Kier molecular flexibility index (Phi) is 6.59. The van der Waals surface area contributed by atoms with Crippen LogP contribution < -0.4 is 22.1 Å². The predicted molar refractivity (Wildman–Crippen MR) is 137 cm³/mol. The maximum Gasteiger partial charge on any atom is 0.255 e. The summed E-state index contributed by atoms with van der Waals surface area (Å²) in [6.07, 6.45) is 0. The third-order valence-electron chi connectivity index (χ3n) is 5.65. The number of carbonyl (C=O) groups is 2. The zero-order valence-corrected chi connectivity index (χ0v) is 18.8. The fourth-order valence-electron chi connectivity index (χ4n) is 3.76. The first-order valence-corrected chi connectivity index (χ1v) is 10.9. The molecule has 0 aromatic heterocycles. The van der Waals surface area contributed by atoms with Crippen LogP contribution in [-0.4, -0.2) is 11.8 Å². The van der Waals surface area contributed by atoms with E-state index in [0.717, 1.165) is 22.3 Å². The molecule has 0 radical (unpaired) electrons. The Morgan fingerprint density at radius 2 is 1.53 bits per heavy atom. The molecule has 0 unspecified atom stereocenters. The minimum atomic E-state index is -0.248. The van der Waals surface area contributed by atoms with Gasteiger partial charge >= 0.3 is 0 Å². The molecule has 4 aromatic carbocycles. The summed E-state index contributed by atoms with van der Waals surface area (Å²) in [6, 6.07) is 27.4. The second kappa shape index (κ2) is 9.92. The molecule has 34 heavy (non-hydrogen) atoms. The van der Waals surface area contributed by atoms with E-state index in [4.69, 9.17) is 11.5 Å². The lowest BCUT2D eigenvalue weighted by Crippen LogP contribution is -2.23. The summed E-state index contributed by atoms with van der Waals surface area (Å²) in [5.41, 5.74) is 18.4. The van der Waals surface area contributed by atoms with Crippen LogP contribution in [0.2, 0.25) is 0 Å². The molecule has 0 spiro atoms. The highest BCUT2D eigenvalue weighted by Crippen LogP contribution is 2.27. The molecule has 6 N–H and O–H groups in total. The molecule has 0 heterocycles. The lowest BCUT2D eigenvalue weighted by Gasteiger charge is -2.13. The van der Waals surface area contributed by atoms with Crippen molar-refractivity contribution >= 4 is 28.9 Å². The van der Waals surface area contributed by atoms with E-state index < -0.39 is 0 Å². The van der Waals surface area contributed by atoms with E-state index in [0.29, 0.717) is 34.7 Å². The molecular formula is C28H26N4O2. The van der Waals surface area contributed by atoms with Crippen molar-refractivity contribution in [2.24, 2.45) is 0 Å². The molecule has 0 saturated carbocycles. The summed E-state index contributed by atoms with van der Waals surface area (Å²) >= 11 is 0. The summed E-state index contributed by atoms with van der Waals surface area (Å²) in [6.45, 7) is 2.27. The number of nitrogen functional groups attached to an aromatic ring is 2. The van der Waals surface area contributed by atoms with Crippen molar-refractivity contribution < 1.29 is 9.59 Å². The molecule has 0 bridgehead atoms. The molecule has 0 atom stereocenters. The number of benzene rings is 4. The largest absolute Gasteiger partial charge is 0.399 e. The molecule has 6 nitrogen and oxygen atoms in total. The van der Waals surface area contributed by atoms with Gasteiger partial charge in [0.15, 0.2) is 0 Å². The summed E-state index contributed by atoms with van der Waals surface area (Å²) < 4.78 is 0. The van der Waals surface area contributed by atoms with E-state index in [2.05, 4.69) is 10.6 Å². The zero-order valence-electron chi connectivity index (χ0n) is 18.8. The third-order valence-corrected chi connectivity index (χ3v) is 5.65. The van der Waals surface area contributed by atoms with Crippen LogP contribution in [-0.2, 0) is 6.54 Å². The Bertz CT molecular complexity index is 1350. The van der Waals surface area contributed by atoms with E-state index in [1.807, 2.05) is 73.7 Å². The van der Waals surface area contributed by atoms with Crippen LogP contribution in [0, 0.1) is 6.92 Å². The predicted octanol–water partition coefficient (Wildman–Crippen LogP) is 5.01. The Labute approximate surface area is 198 Å². The number of hydrogen-bond acceptors (Lipinski definition) is 4. The van der Waals surface area contributed by atoms with Crippen molar-refractivity contribution in [2.75, 3.05) is 16.8 Å². The molecule has 6 heteroatoms. The number of anilines is 3. The fourth-order valence-corrected chi connectivity index (χ4v) is 3.76. The van der Waals surface area contributed by atoms with Crippen LogP contribution in [0.3, 0.4) is 0 Å². The first-order valence-electron chi connectivity index (χ1n) is 10.9. The smallest absolute Gasteiger partial charge is 0.255 e. The van der Waals surface area contributed by atoms with Gasteiger partial charge in [-0.05, 0) is 71.6 Å². The minimum Gasteiger partial charge on any atom is -0.399 e. The Morgan fingerprint density at radius 3 is 2.26 bits per heavy atom. The number of hydrogen-bond donors (Lipinski definition) is 4. The summed E-state index contributed by atoms with van der Waals surface area (Å²) in [5.74, 6) is -0.410. The number of nitrogens with two attached hydrogens (primary N) is 2. The normalized spacial score (nSPS) is 10.5. The van der Waals surface area contributed by atoms with Gasteiger partial charge in [0.05, 0.1) is 11.4 Å². The molecule has 0 saturated heterocycles. The van der Waals surface area contributed by atoms with Crippen LogP contribution in [0.5, 0.6) is 0 Å². The molecular weight excluding hydrogens is 424 g/mol. The summed E-state index contributed by atoms with van der Waals surface area (Å²) in [4.78, 5) is 25.4. The first-order chi connectivity index (χ1) is 16.4. The van der Waals surface area contributed by atoms with Crippen molar-refractivity contribution in [3.8, 4) is 11.1 Å². The average molecular weight is 451 g/mol. The van der Waals surface area contributed by atoms with Gasteiger partial charge in [0.2, 0.25) is 0 Å². The van der Waals surface area contributed by atoms with Crippen molar-refractivity contribution in [3.05, 3.63) is 113 Å². The number of amides is 2. The Morgan fingerprint density at radius 1 is 0.794 bits per heavy atom. The number of nitrogens with one attached hydrogen (secondary N) is 2. The maximum absolute atomic E-state index is 12.9. The molecule has 170 valence electrons. The van der Waals surface area contributed by atoms with E-state index >= 15 is 0 Å². The number of carbonyl (C=O) groups excluding carboxylic acids is 2. The monoisotopic (exact) mass is 450 g/mol. The molecule has 0 aliphatic heterocycles. The van der Waals surface area contributed by atoms with E-state index in [1.165, 1.54) is 0 Å². The molecule has 2 amide bonds. The maximum atomic E-state index is 12.9. The highest BCUT2D eigenvalue weighted by atomic mass is 16.2. The van der Waals surface area contributed by atoms with Gasteiger partial charge < -0.3 is 22.1 Å². The van der Waals surface area contributed by atoms with Gasteiger partial charge in [0.1, 0.15) is 0 Å². The second-order valence-corrected chi connectivity index (χ2v) is 8.02. The molecule has 4 aromatic rings.